The molecule has 104 valence electrons. The van der Waals surface area contributed by atoms with Crippen molar-refractivity contribution >= 4 is 45.8 Å². The summed E-state index contributed by atoms with van der Waals surface area (Å²) in [5, 5.41) is 3.36. The molecule has 2 aromatic rings. The van der Waals surface area contributed by atoms with E-state index >= 15 is 0 Å². The van der Waals surface area contributed by atoms with Crippen LogP contribution in [0, 0.1) is 10.5 Å². The van der Waals surface area contributed by atoms with Crippen molar-refractivity contribution in [1.82, 2.24) is 0 Å². The summed E-state index contributed by atoms with van der Waals surface area (Å²) in [4.78, 5) is 12.3. The lowest BCUT2D eigenvalue weighted by Crippen LogP contribution is -2.14. The Morgan fingerprint density at radius 1 is 1.30 bits per heavy atom. The smallest absolute Gasteiger partial charge is 0.256 e. The molecule has 0 aliphatic rings. The van der Waals surface area contributed by atoms with E-state index in [1.54, 1.807) is 24.3 Å². The van der Waals surface area contributed by atoms with Gasteiger partial charge in [0.1, 0.15) is 5.75 Å². The highest BCUT2D eigenvalue weighted by Gasteiger charge is 2.12. The first-order chi connectivity index (χ1) is 9.52. The Balaban J connectivity index is 2.26. The summed E-state index contributed by atoms with van der Waals surface area (Å²) in [6.45, 7) is 1.98. The van der Waals surface area contributed by atoms with Gasteiger partial charge in [-0.1, -0.05) is 23.7 Å². The molecule has 0 bridgehead atoms. The van der Waals surface area contributed by atoms with Gasteiger partial charge in [0.05, 0.1) is 17.7 Å². The van der Waals surface area contributed by atoms with Crippen LogP contribution in [0.25, 0.3) is 0 Å². The minimum Gasteiger partial charge on any atom is -0.495 e. The van der Waals surface area contributed by atoms with E-state index in [4.69, 9.17) is 16.3 Å². The number of nitrogens with one attached hydrogen (secondary N) is 1. The molecule has 0 heterocycles. The SMILES string of the molecule is COc1cc(NC(=O)c2cccc(C)c2I)ccc1Cl. The molecule has 20 heavy (non-hydrogen) atoms. The molecule has 0 fully saturated rings. The van der Waals surface area contributed by atoms with Crippen LogP contribution < -0.4 is 10.1 Å². The number of benzene rings is 2. The molecule has 0 unspecified atom stereocenters. The van der Waals surface area contributed by atoms with Crippen molar-refractivity contribution < 1.29 is 9.53 Å². The van der Waals surface area contributed by atoms with Crippen molar-refractivity contribution in [2.24, 2.45) is 0 Å². The third-order valence-corrected chi connectivity index (χ3v) is 4.59. The number of hydrogen-bond acceptors (Lipinski definition) is 2. The number of carbonyl (C=O) groups excluding carboxylic acids is 1. The molecule has 0 saturated heterocycles. The zero-order valence-electron chi connectivity index (χ0n) is 11.0. The van der Waals surface area contributed by atoms with Gasteiger partial charge in [-0.2, -0.15) is 0 Å². The van der Waals surface area contributed by atoms with Crippen LogP contribution in [-0.2, 0) is 0 Å². The number of ether oxygens (including phenoxy) is 1. The molecule has 0 atom stereocenters. The minimum absolute atomic E-state index is 0.150. The van der Waals surface area contributed by atoms with Gasteiger partial charge in [-0.3, -0.25) is 4.79 Å². The van der Waals surface area contributed by atoms with Crippen molar-refractivity contribution in [2.45, 2.75) is 6.92 Å². The zero-order valence-corrected chi connectivity index (χ0v) is 13.9. The molecule has 1 amide bonds. The maximum atomic E-state index is 12.3. The fourth-order valence-corrected chi connectivity index (χ4v) is 2.56. The van der Waals surface area contributed by atoms with Crippen LogP contribution in [0.15, 0.2) is 36.4 Å². The first kappa shape index (κ1) is 15.1. The molecule has 0 aromatic heterocycles. The van der Waals surface area contributed by atoms with E-state index in [1.807, 2.05) is 19.1 Å². The lowest BCUT2D eigenvalue weighted by atomic mass is 10.1. The Morgan fingerprint density at radius 3 is 2.75 bits per heavy atom. The number of amides is 1. The number of aryl methyl sites for hydroxylation is 1. The minimum atomic E-state index is -0.150. The van der Waals surface area contributed by atoms with E-state index in [0.29, 0.717) is 22.0 Å². The summed E-state index contributed by atoms with van der Waals surface area (Å²) < 4.78 is 6.08. The van der Waals surface area contributed by atoms with Crippen molar-refractivity contribution in [3.63, 3.8) is 0 Å². The van der Waals surface area contributed by atoms with Crippen LogP contribution in [0.5, 0.6) is 5.75 Å². The van der Waals surface area contributed by atoms with Crippen LogP contribution in [0.2, 0.25) is 5.02 Å². The van der Waals surface area contributed by atoms with Crippen molar-refractivity contribution in [2.75, 3.05) is 12.4 Å². The third kappa shape index (κ3) is 3.24. The largest absolute Gasteiger partial charge is 0.495 e. The van der Waals surface area contributed by atoms with Crippen LogP contribution in [-0.4, -0.2) is 13.0 Å². The normalized spacial score (nSPS) is 10.2. The van der Waals surface area contributed by atoms with Crippen LogP contribution in [0.3, 0.4) is 0 Å². The third-order valence-electron chi connectivity index (χ3n) is 2.85. The van der Waals surface area contributed by atoms with E-state index in [9.17, 15) is 4.79 Å². The van der Waals surface area contributed by atoms with Gasteiger partial charge < -0.3 is 10.1 Å². The molecule has 0 aliphatic carbocycles. The average molecular weight is 402 g/mol. The monoisotopic (exact) mass is 401 g/mol. The van der Waals surface area contributed by atoms with E-state index in [2.05, 4.69) is 27.9 Å². The molecular weight excluding hydrogens is 389 g/mol. The molecule has 1 N–H and O–H groups in total. The van der Waals surface area contributed by atoms with Gasteiger partial charge in [0.2, 0.25) is 0 Å². The highest BCUT2D eigenvalue weighted by Crippen LogP contribution is 2.28. The number of carbonyl (C=O) groups is 1. The quantitative estimate of drug-likeness (QED) is 0.768. The number of methoxy groups -OCH3 is 1. The Bertz CT molecular complexity index is 658. The molecule has 3 nitrogen and oxygen atoms in total. The Hall–Kier alpha value is -1.27. The Morgan fingerprint density at radius 2 is 2.05 bits per heavy atom. The maximum absolute atomic E-state index is 12.3. The number of hydrogen-bond donors (Lipinski definition) is 1. The van der Waals surface area contributed by atoms with Gasteiger partial charge in [0, 0.05) is 15.3 Å². The molecule has 0 aliphatic heterocycles. The standard InChI is InChI=1S/C15H13ClINO2/c1-9-4-3-5-11(14(9)17)15(19)18-10-6-7-12(16)13(8-10)20-2/h3-8H,1-2H3,(H,18,19). The predicted molar refractivity (Wildman–Crippen MR) is 89.9 cm³/mol. The van der Waals surface area contributed by atoms with Gasteiger partial charge in [-0.25, -0.2) is 0 Å². The molecule has 0 spiro atoms. The van der Waals surface area contributed by atoms with Crippen LogP contribution in [0.4, 0.5) is 5.69 Å². The van der Waals surface area contributed by atoms with Gasteiger partial charge in [-0.05, 0) is 53.3 Å². The molecule has 2 rings (SSSR count). The fourth-order valence-electron chi connectivity index (χ4n) is 1.76. The summed E-state index contributed by atoms with van der Waals surface area (Å²) in [6.07, 6.45) is 0. The summed E-state index contributed by atoms with van der Waals surface area (Å²) >= 11 is 8.13. The second-order valence-electron chi connectivity index (χ2n) is 4.24. The van der Waals surface area contributed by atoms with E-state index in [0.717, 1.165) is 9.13 Å². The average Bonchev–Trinajstić information content (AvgIpc) is 2.43. The summed E-state index contributed by atoms with van der Waals surface area (Å²) in [6, 6.07) is 10.8. The molecule has 0 saturated carbocycles. The second kappa shape index (κ2) is 6.45. The van der Waals surface area contributed by atoms with Gasteiger partial charge >= 0.3 is 0 Å². The topological polar surface area (TPSA) is 38.3 Å². The summed E-state index contributed by atoms with van der Waals surface area (Å²) in [7, 11) is 1.54. The van der Waals surface area contributed by atoms with Crippen LogP contribution in [0.1, 0.15) is 15.9 Å². The highest BCUT2D eigenvalue weighted by molar-refractivity contribution is 14.1. The van der Waals surface area contributed by atoms with Gasteiger partial charge in [0.15, 0.2) is 0 Å². The van der Waals surface area contributed by atoms with Crippen molar-refractivity contribution in [3.8, 4) is 5.75 Å². The molecule has 0 radical (unpaired) electrons. The zero-order chi connectivity index (χ0) is 14.7. The lowest BCUT2D eigenvalue weighted by molar-refractivity contribution is 0.102. The highest BCUT2D eigenvalue weighted by atomic mass is 127. The molecule has 5 heteroatoms. The predicted octanol–water partition coefficient (Wildman–Crippen LogP) is 4.51. The lowest BCUT2D eigenvalue weighted by Gasteiger charge is -2.10. The fraction of sp³-hybridized carbons (Fsp3) is 0.133. The molecular formula is C15H13ClINO2. The second-order valence-corrected chi connectivity index (χ2v) is 5.73. The number of halogens is 2. The van der Waals surface area contributed by atoms with Gasteiger partial charge in [-0.15, -0.1) is 0 Å². The number of anilines is 1. The summed E-state index contributed by atoms with van der Waals surface area (Å²) in [5.41, 5.74) is 2.38. The number of rotatable bonds is 3. The first-order valence-electron chi connectivity index (χ1n) is 5.93. The van der Waals surface area contributed by atoms with E-state index in [-0.39, 0.29) is 5.91 Å². The molecule has 2 aromatic carbocycles. The summed E-state index contributed by atoms with van der Waals surface area (Å²) in [5.74, 6) is 0.380. The van der Waals surface area contributed by atoms with E-state index in [1.165, 1.54) is 7.11 Å². The van der Waals surface area contributed by atoms with E-state index < -0.39 is 0 Å². The Labute approximate surface area is 136 Å². The van der Waals surface area contributed by atoms with Gasteiger partial charge in [0.25, 0.3) is 5.91 Å². The van der Waals surface area contributed by atoms with Crippen molar-refractivity contribution in [1.29, 1.82) is 0 Å². The maximum Gasteiger partial charge on any atom is 0.256 e. The Kier molecular flexibility index (Phi) is 4.88. The first-order valence-corrected chi connectivity index (χ1v) is 7.38. The van der Waals surface area contributed by atoms with Crippen molar-refractivity contribution in [3.05, 3.63) is 56.1 Å². The van der Waals surface area contributed by atoms with Crippen LogP contribution >= 0.6 is 34.2 Å².